The average Bonchev–Trinajstić information content (AvgIpc) is 2.16. The summed E-state index contributed by atoms with van der Waals surface area (Å²) in [5.41, 5.74) is 2.28. The first-order valence-corrected chi connectivity index (χ1v) is 4.55. The second-order valence-electron chi connectivity index (χ2n) is 3.16. The topological polar surface area (TPSA) is 43.1 Å². The minimum absolute atomic E-state index is 0.244. The predicted octanol–water partition coefficient (Wildman–Crippen LogP) is 3.02. The van der Waals surface area contributed by atoms with Crippen LogP contribution in [0.5, 0.6) is 0 Å². The molecule has 0 atom stereocenters. The molecule has 0 aromatic heterocycles. The number of rotatable bonds is 3. The minimum atomic E-state index is -0.333. The van der Waals surface area contributed by atoms with E-state index < -0.39 is 0 Å². The average molecular weight is 191 g/mol. The Hall–Kier alpha value is -1.64. The summed E-state index contributed by atoms with van der Waals surface area (Å²) < 4.78 is 0. The van der Waals surface area contributed by atoms with Crippen molar-refractivity contribution in [1.82, 2.24) is 0 Å². The van der Waals surface area contributed by atoms with E-state index in [1.807, 2.05) is 31.2 Å². The first-order chi connectivity index (χ1) is 6.63. The fourth-order valence-corrected chi connectivity index (χ4v) is 1.14. The van der Waals surface area contributed by atoms with Crippen molar-refractivity contribution < 1.29 is 4.92 Å². The van der Waals surface area contributed by atoms with Gasteiger partial charge in [-0.15, -0.1) is 0 Å². The van der Waals surface area contributed by atoms with E-state index in [9.17, 15) is 10.1 Å². The van der Waals surface area contributed by atoms with E-state index in [0.717, 1.165) is 11.1 Å². The first kappa shape index (κ1) is 10.4. The van der Waals surface area contributed by atoms with Crippen molar-refractivity contribution in [2.24, 2.45) is 0 Å². The molecule has 3 nitrogen and oxygen atoms in total. The van der Waals surface area contributed by atoms with Crippen molar-refractivity contribution in [1.29, 1.82) is 0 Å². The van der Waals surface area contributed by atoms with E-state index in [-0.39, 0.29) is 10.6 Å². The molecule has 0 aliphatic heterocycles. The molecule has 0 radical (unpaired) electrons. The van der Waals surface area contributed by atoms with Crippen LogP contribution in [0.2, 0.25) is 0 Å². The second-order valence-corrected chi connectivity index (χ2v) is 3.16. The maximum Gasteiger partial charge on any atom is 0.246 e. The van der Waals surface area contributed by atoms with Gasteiger partial charge in [-0.25, -0.2) is 0 Å². The third-order valence-electron chi connectivity index (χ3n) is 2.01. The van der Waals surface area contributed by atoms with Crippen LogP contribution in [0.4, 0.5) is 0 Å². The van der Waals surface area contributed by atoms with Crippen LogP contribution in [0.1, 0.15) is 24.5 Å². The Bertz CT molecular complexity index is 352. The number of hydrogen-bond acceptors (Lipinski definition) is 2. The van der Waals surface area contributed by atoms with Gasteiger partial charge >= 0.3 is 0 Å². The molecular weight excluding hydrogens is 178 g/mol. The highest BCUT2D eigenvalue weighted by Gasteiger charge is 2.06. The van der Waals surface area contributed by atoms with Gasteiger partial charge in [0, 0.05) is 12.5 Å². The molecule has 0 heterocycles. The van der Waals surface area contributed by atoms with Gasteiger partial charge in [0.1, 0.15) is 0 Å². The van der Waals surface area contributed by atoms with Crippen molar-refractivity contribution in [3.8, 4) is 0 Å². The maximum absolute atomic E-state index is 10.5. The van der Waals surface area contributed by atoms with Crippen molar-refractivity contribution >= 4 is 6.08 Å². The summed E-state index contributed by atoms with van der Waals surface area (Å²) in [5, 5.41) is 10.5. The summed E-state index contributed by atoms with van der Waals surface area (Å²) in [5.74, 6) is 0. The largest absolute Gasteiger partial charge is 0.259 e. The molecule has 0 unspecified atom stereocenters. The van der Waals surface area contributed by atoms with Gasteiger partial charge < -0.3 is 0 Å². The smallest absolute Gasteiger partial charge is 0.246 e. The van der Waals surface area contributed by atoms with Gasteiger partial charge in [0.2, 0.25) is 5.70 Å². The van der Waals surface area contributed by atoms with Gasteiger partial charge in [0.15, 0.2) is 0 Å². The second kappa shape index (κ2) is 4.56. The van der Waals surface area contributed by atoms with E-state index in [1.165, 1.54) is 0 Å². The van der Waals surface area contributed by atoms with Gasteiger partial charge in [-0.3, -0.25) is 10.1 Å². The molecule has 1 aromatic rings. The standard InChI is InChI=1S/C11H13NO2/c1-3-11(12(13)14)8-10-6-4-9(2)5-7-10/h4-8H,3H2,1-2H3. The van der Waals surface area contributed by atoms with Crippen molar-refractivity contribution in [3.63, 3.8) is 0 Å². The molecule has 74 valence electrons. The Morgan fingerprint density at radius 3 is 2.43 bits per heavy atom. The summed E-state index contributed by atoms with van der Waals surface area (Å²) in [6, 6.07) is 7.65. The number of allylic oxidation sites excluding steroid dienone is 1. The molecule has 0 bridgehead atoms. The molecule has 14 heavy (non-hydrogen) atoms. The van der Waals surface area contributed by atoms with Gasteiger partial charge in [-0.2, -0.15) is 0 Å². The number of benzene rings is 1. The number of aryl methyl sites for hydroxylation is 1. The highest BCUT2D eigenvalue weighted by Crippen LogP contribution is 2.11. The van der Waals surface area contributed by atoms with Gasteiger partial charge in [-0.1, -0.05) is 36.8 Å². The summed E-state index contributed by atoms with van der Waals surface area (Å²) in [7, 11) is 0. The van der Waals surface area contributed by atoms with Gasteiger partial charge in [-0.05, 0) is 12.5 Å². The Morgan fingerprint density at radius 2 is 2.00 bits per heavy atom. The molecule has 0 aliphatic carbocycles. The lowest BCUT2D eigenvalue weighted by Gasteiger charge is -1.96. The van der Waals surface area contributed by atoms with Crippen molar-refractivity contribution in [3.05, 3.63) is 51.2 Å². The molecule has 0 N–H and O–H groups in total. The van der Waals surface area contributed by atoms with Crippen molar-refractivity contribution in [2.45, 2.75) is 20.3 Å². The van der Waals surface area contributed by atoms with Gasteiger partial charge in [0.25, 0.3) is 0 Å². The van der Waals surface area contributed by atoms with Crippen LogP contribution in [-0.2, 0) is 0 Å². The third kappa shape index (κ3) is 2.69. The summed E-state index contributed by atoms with van der Waals surface area (Å²) in [4.78, 5) is 10.2. The monoisotopic (exact) mass is 191 g/mol. The van der Waals surface area contributed by atoms with Crippen LogP contribution in [0.15, 0.2) is 30.0 Å². The quantitative estimate of drug-likeness (QED) is 0.544. The molecule has 0 saturated heterocycles. The Morgan fingerprint density at radius 1 is 1.43 bits per heavy atom. The Labute approximate surface area is 83.2 Å². The van der Waals surface area contributed by atoms with Crippen LogP contribution in [0.25, 0.3) is 6.08 Å². The molecule has 0 spiro atoms. The molecule has 1 rings (SSSR count). The summed E-state index contributed by atoms with van der Waals surface area (Å²) in [6.45, 7) is 3.77. The van der Waals surface area contributed by atoms with E-state index in [0.29, 0.717) is 6.42 Å². The SMILES string of the molecule is CCC(=Cc1ccc(C)cc1)[N+](=O)[O-]. The van der Waals surface area contributed by atoms with Crippen LogP contribution in [0, 0.1) is 17.0 Å². The van der Waals surface area contributed by atoms with E-state index in [1.54, 1.807) is 13.0 Å². The lowest BCUT2D eigenvalue weighted by Crippen LogP contribution is -1.96. The predicted molar refractivity (Wildman–Crippen MR) is 56.4 cm³/mol. The highest BCUT2D eigenvalue weighted by atomic mass is 16.6. The summed E-state index contributed by atoms with van der Waals surface area (Å²) >= 11 is 0. The normalized spacial score (nSPS) is 11.4. The van der Waals surface area contributed by atoms with Crippen LogP contribution >= 0.6 is 0 Å². The number of nitro groups is 1. The lowest BCUT2D eigenvalue weighted by molar-refractivity contribution is -0.425. The Balaban J connectivity index is 2.95. The number of nitrogens with zero attached hydrogens (tertiary/aromatic N) is 1. The van der Waals surface area contributed by atoms with Crippen LogP contribution < -0.4 is 0 Å². The third-order valence-corrected chi connectivity index (χ3v) is 2.01. The maximum atomic E-state index is 10.5. The molecule has 0 saturated carbocycles. The van der Waals surface area contributed by atoms with Crippen LogP contribution in [0.3, 0.4) is 0 Å². The summed E-state index contributed by atoms with van der Waals surface area (Å²) in [6.07, 6.45) is 2.06. The number of hydrogen-bond donors (Lipinski definition) is 0. The molecule has 0 fully saturated rings. The lowest BCUT2D eigenvalue weighted by atomic mass is 10.1. The van der Waals surface area contributed by atoms with Gasteiger partial charge in [0.05, 0.1) is 4.92 Å². The zero-order chi connectivity index (χ0) is 10.6. The van der Waals surface area contributed by atoms with Crippen LogP contribution in [-0.4, -0.2) is 4.92 Å². The van der Waals surface area contributed by atoms with Crippen molar-refractivity contribution in [2.75, 3.05) is 0 Å². The minimum Gasteiger partial charge on any atom is -0.259 e. The van der Waals surface area contributed by atoms with E-state index in [4.69, 9.17) is 0 Å². The Kier molecular flexibility index (Phi) is 3.40. The molecule has 1 aromatic carbocycles. The molecule has 0 amide bonds. The van der Waals surface area contributed by atoms with E-state index in [2.05, 4.69) is 0 Å². The molecular formula is C11H13NO2. The fraction of sp³-hybridized carbons (Fsp3) is 0.273. The molecule has 3 heteroatoms. The fourth-order valence-electron chi connectivity index (χ4n) is 1.14. The highest BCUT2D eigenvalue weighted by molar-refractivity contribution is 5.51. The first-order valence-electron chi connectivity index (χ1n) is 4.55. The molecule has 0 aliphatic rings. The zero-order valence-corrected chi connectivity index (χ0v) is 8.36. The van der Waals surface area contributed by atoms with E-state index >= 15 is 0 Å². The zero-order valence-electron chi connectivity index (χ0n) is 8.36.